The van der Waals surface area contributed by atoms with E-state index < -0.39 is 0 Å². The molecule has 2 aromatic heterocycles. The smallest absolute Gasteiger partial charge is 0.267 e. The van der Waals surface area contributed by atoms with Crippen LogP contribution in [0.1, 0.15) is 59.0 Å². The Morgan fingerprint density at radius 2 is 2.16 bits per heavy atom. The Morgan fingerprint density at radius 1 is 1.35 bits per heavy atom. The number of aromatic amines is 1. The zero-order chi connectivity index (χ0) is 22.1. The van der Waals surface area contributed by atoms with Gasteiger partial charge in [-0.3, -0.25) is 14.6 Å². The number of hydrogen-bond donors (Lipinski definition) is 2. The first-order chi connectivity index (χ1) is 15.0. The summed E-state index contributed by atoms with van der Waals surface area (Å²) in [5.74, 6) is 0.765. The lowest BCUT2D eigenvalue weighted by atomic mass is 9.91. The molecule has 0 spiro atoms. The van der Waals surface area contributed by atoms with E-state index in [0.29, 0.717) is 24.6 Å². The first-order valence-corrected chi connectivity index (χ1v) is 11.7. The predicted molar refractivity (Wildman–Crippen MR) is 125 cm³/mol. The molecule has 2 N–H and O–H groups in total. The minimum atomic E-state index is -0.0895. The van der Waals surface area contributed by atoms with Crippen molar-refractivity contribution in [3.8, 4) is 0 Å². The zero-order valence-electron chi connectivity index (χ0n) is 18.1. The first-order valence-electron chi connectivity index (χ1n) is 10.8. The fourth-order valence-corrected chi connectivity index (χ4v) is 4.47. The lowest BCUT2D eigenvalue weighted by Gasteiger charge is -2.32. The molecule has 1 saturated heterocycles. The van der Waals surface area contributed by atoms with Crippen LogP contribution in [-0.4, -0.2) is 53.0 Å². The highest BCUT2D eigenvalue weighted by Crippen LogP contribution is 2.23. The van der Waals surface area contributed by atoms with Gasteiger partial charge in [0.25, 0.3) is 5.91 Å². The largest absolute Gasteiger partial charge is 0.351 e. The molecule has 1 aliphatic rings. The van der Waals surface area contributed by atoms with E-state index in [9.17, 15) is 9.59 Å². The van der Waals surface area contributed by atoms with Gasteiger partial charge in [-0.15, -0.1) is 11.3 Å². The number of carbonyl (C=O) groups excluding carboxylic acids is 2. The summed E-state index contributed by atoms with van der Waals surface area (Å²) in [5, 5.41) is 5.95. The Labute approximate surface area is 187 Å². The average molecular weight is 442 g/mol. The SMILES string of the molecule is C=NC=Cc1ccc(C(=O)NCCCCC2CCN(C(=O)Cc3csc(C)n3)CC2)[nH]1. The van der Waals surface area contributed by atoms with Gasteiger partial charge in [0.15, 0.2) is 0 Å². The molecule has 0 unspecified atom stereocenters. The maximum atomic E-state index is 12.5. The maximum absolute atomic E-state index is 12.5. The second kappa shape index (κ2) is 11.6. The Kier molecular flexibility index (Phi) is 8.58. The quantitative estimate of drug-likeness (QED) is 0.434. The van der Waals surface area contributed by atoms with Gasteiger partial charge in [-0.25, -0.2) is 4.98 Å². The number of hydrogen-bond acceptors (Lipinski definition) is 5. The number of likely N-dealkylation sites (tertiary alicyclic amines) is 1. The zero-order valence-corrected chi connectivity index (χ0v) is 18.9. The number of piperidine rings is 1. The third kappa shape index (κ3) is 7.17. The second-order valence-corrected chi connectivity index (χ2v) is 9.00. The van der Waals surface area contributed by atoms with E-state index in [1.54, 1.807) is 29.7 Å². The van der Waals surface area contributed by atoms with E-state index in [2.05, 4.69) is 27.0 Å². The van der Waals surface area contributed by atoms with Crippen LogP contribution in [0.3, 0.4) is 0 Å². The molecular weight excluding hydrogens is 410 g/mol. The summed E-state index contributed by atoms with van der Waals surface area (Å²) in [7, 11) is 0. The standard InChI is InChI=1S/C23H31N5O2S/c1-17-26-20(16-31-17)15-22(29)28-13-9-18(10-14-28)5-3-4-11-25-23(30)21-7-6-19(27-21)8-12-24-2/h6-8,12,16,18,27H,2-5,9-11,13-15H2,1H3,(H,25,30). The van der Waals surface area contributed by atoms with E-state index in [1.165, 1.54) is 0 Å². The predicted octanol–water partition coefficient (Wildman–Crippen LogP) is 3.83. The van der Waals surface area contributed by atoms with Gasteiger partial charge >= 0.3 is 0 Å². The molecule has 0 radical (unpaired) electrons. The third-order valence-corrected chi connectivity index (χ3v) is 6.43. The molecule has 1 fully saturated rings. The number of amides is 2. The molecule has 1 aliphatic heterocycles. The fraction of sp³-hybridized carbons (Fsp3) is 0.478. The summed E-state index contributed by atoms with van der Waals surface area (Å²) in [4.78, 5) is 37.7. The van der Waals surface area contributed by atoms with Crippen LogP contribution in [0, 0.1) is 12.8 Å². The van der Waals surface area contributed by atoms with Crippen molar-refractivity contribution in [3.63, 3.8) is 0 Å². The second-order valence-electron chi connectivity index (χ2n) is 7.94. The summed E-state index contributed by atoms with van der Waals surface area (Å²) in [6.45, 7) is 7.70. The van der Waals surface area contributed by atoms with Gasteiger partial charge in [-0.2, -0.15) is 0 Å². The fourth-order valence-electron chi connectivity index (χ4n) is 3.86. The topological polar surface area (TPSA) is 90.4 Å². The van der Waals surface area contributed by atoms with Gasteiger partial charge < -0.3 is 15.2 Å². The lowest BCUT2D eigenvalue weighted by molar-refractivity contribution is -0.131. The molecule has 3 rings (SSSR count). The number of nitrogens with one attached hydrogen (secondary N) is 2. The van der Waals surface area contributed by atoms with Crippen molar-refractivity contribution in [2.75, 3.05) is 19.6 Å². The number of nitrogens with zero attached hydrogens (tertiary/aromatic N) is 3. The molecular formula is C23H31N5O2S. The summed E-state index contributed by atoms with van der Waals surface area (Å²) in [6.07, 6.45) is 9.08. The molecule has 8 heteroatoms. The third-order valence-electron chi connectivity index (χ3n) is 5.60. The van der Waals surface area contributed by atoms with E-state index in [-0.39, 0.29) is 11.8 Å². The highest BCUT2D eigenvalue weighted by atomic mass is 32.1. The number of H-pyrrole nitrogens is 1. The van der Waals surface area contributed by atoms with Crippen LogP contribution in [0.5, 0.6) is 0 Å². The Hall–Kier alpha value is -2.74. The molecule has 31 heavy (non-hydrogen) atoms. The van der Waals surface area contributed by atoms with Crippen LogP contribution in [0.15, 0.2) is 28.7 Å². The highest BCUT2D eigenvalue weighted by molar-refractivity contribution is 7.09. The normalized spacial score (nSPS) is 14.8. The number of carbonyl (C=O) groups is 2. The molecule has 7 nitrogen and oxygen atoms in total. The Bertz CT molecular complexity index is 909. The number of aliphatic imine (C=N–C) groups is 1. The monoisotopic (exact) mass is 441 g/mol. The molecule has 3 heterocycles. The summed E-state index contributed by atoms with van der Waals surface area (Å²) < 4.78 is 0. The number of thiazole rings is 1. The van der Waals surface area contributed by atoms with Gasteiger partial charge in [-0.05, 0) is 57.0 Å². The summed E-state index contributed by atoms with van der Waals surface area (Å²) in [6, 6.07) is 3.61. The minimum absolute atomic E-state index is 0.0895. The van der Waals surface area contributed by atoms with Crippen molar-refractivity contribution in [3.05, 3.63) is 45.8 Å². The number of aromatic nitrogens is 2. The van der Waals surface area contributed by atoms with Gasteiger partial charge in [-0.1, -0.05) is 12.8 Å². The lowest BCUT2D eigenvalue weighted by Crippen LogP contribution is -2.39. The highest BCUT2D eigenvalue weighted by Gasteiger charge is 2.23. The summed E-state index contributed by atoms with van der Waals surface area (Å²) >= 11 is 1.59. The molecule has 0 aliphatic carbocycles. The van der Waals surface area contributed by atoms with Crippen molar-refractivity contribution in [2.45, 2.75) is 45.4 Å². The molecule has 2 aromatic rings. The molecule has 0 aromatic carbocycles. The summed E-state index contributed by atoms with van der Waals surface area (Å²) in [5.41, 5.74) is 2.26. The van der Waals surface area contributed by atoms with Gasteiger partial charge in [0.05, 0.1) is 17.1 Å². The van der Waals surface area contributed by atoms with Gasteiger partial charge in [0, 0.05) is 36.9 Å². The van der Waals surface area contributed by atoms with E-state index in [4.69, 9.17) is 0 Å². The van der Waals surface area contributed by atoms with Crippen molar-refractivity contribution < 1.29 is 9.59 Å². The van der Waals surface area contributed by atoms with Crippen LogP contribution in [0.25, 0.3) is 6.08 Å². The molecule has 2 amide bonds. The van der Waals surface area contributed by atoms with Gasteiger partial charge in [0.1, 0.15) is 5.69 Å². The van der Waals surface area contributed by atoms with Gasteiger partial charge in [0.2, 0.25) is 5.91 Å². The Morgan fingerprint density at radius 3 is 2.87 bits per heavy atom. The van der Waals surface area contributed by atoms with E-state index in [0.717, 1.165) is 61.6 Å². The van der Waals surface area contributed by atoms with Crippen LogP contribution in [0.2, 0.25) is 0 Å². The van der Waals surface area contributed by atoms with E-state index >= 15 is 0 Å². The minimum Gasteiger partial charge on any atom is -0.351 e. The van der Waals surface area contributed by atoms with Crippen LogP contribution in [0.4, 0.5) is 0 Å². The van der Waals surface area contributed by atoms with Crippen molar-refractivity contribution in [1.29, 1.82) is 0 Å². The van der Waals surface area contributed by atoms with Crippen LogP contribution in [-0.2, 0) is 11.2 Å². The molecule has 0 atom stereocenters. The van der Waals surface area contributed by atoms with Crippen molar-refractivity contribution >= 4 is 35.9 Å². The maximum Gasteiger partial charge on any atom is 0.267 e. The number of unbranched alkanes of at least 4 members (excludes halogenated alkanes) is 1. The van der Waals surface area contributed by atoms with Crippen LogP contribution < -0.4 is 5.32 Å². The van der Waals surface area contributed by atoms with Crippen LogP contribution >= 0.6 is 11.3 Å². The molecule has 166 valence electrons. The Balaban J connectivity index is 1.27. The van der Waals surface area contributed by atoms with E-state index in [1.807, 2.05) is 23.3 Å². The first kappa shape index (κ1) is 22.9. The average Bonchev–Trinajstić information content (AvgIpc) is 3.41. The molecule has 0 saturated carbocycles. The number of aryl methyl sites for hydroxylation is 1. The number of rotatable bonds is 10. The van der Waals surface area contributed by atoms with Crippen molar-refractivity contribution in [1.82, 2.24) is 20.2 Å². The van der Waals surface area contributed by atoms with Crippen molar-refractivity contribution in [2.24, 2.45) is 10.9 Å². The molecule has 0 bridgehead atoms.